The third kappa shape index (κ3) is 5.80. The van der Waals surface area contributed by atoms with Crippen molar-refractivity contribution in [3.8, 4) is 11.1 Å². The Labute approximate surface area is 387 Å². The van der Waals surface area contributed by atoms with Crippen LogP contribution in [-0.2, 0) is 28.1 Å². The fourth-order valence-electron chi connectivity index (χ4n) is 13.1. The van der Waals surface area contributed by atoms with E-state index in [1.807, 2.05) is 0 Å². The Morgan fingerprint density at radius 1 is 0.554 bits per heavy atom. The average molecular weight is 851 g/mol. The number of para-hydroxylation sites is 2. The zero-order chi connectivity index (χ0) is 45.1. The Morgan fingerprint density at radius 3 is 1.83 bits per heavy atom. The molecule has 0 bridgehead atoms. The summed E-state index contributed by atoms with van der Waals surface area (Å²) in [6.45, 7) is 26.9. The quantitative estimate of drug-likeness (QED) is 0.165. The molecule has 0 saturated heterocycles. The molecule has 0 N–H and O–H groups in total. The molecule has 0 amide bonds. The number of furan rings is 1. The minimum absolute atomic E-state index is 0.0448. The van der Waals surface area contributed by atoms with Gasteiger partial charge in [0.05, 0.1) is 0 Å². The van der Waals surface area contributed by atoms with Gasteiger partial charge in [-0.25, -0.2) is 0 Å². The molecule has 3 nitrogen and oxygen atoms in total. The number of nitrogens with zero attached hydrogens (tertiary/aromatic N) is 2. The predicted octanol–water partition coefficient (Wildman–Crippen LogP) is 15.1. The maximum absolute atomic E-state index is 6.90. The maximum atomic E-state index is 6.90. The molecule has 326 valence electrons. The van der Waals surface area contributed by atoms with Gasteiger partial charge in [-0.2, -0.15) is 0 Å². The van der Waals surface area contributed by atoms with Crippen molar-refractivity contribution in [1.29, 1.82) is 0 Å². The molecule has 65 heavy (non-hydrogen) atoms. The van der Waals surface area contributed by atoms with Crippen molar-refractivity contribution in [2.45, 2.75) is 130 Å². The van der Waals surface area contributed by atoms with Crippen LogP contribution in [0.3, 0.4) is 0 Å². The van der Waals surface area contributed by atoms with E-state index >= 15 is 0 Å². The second-order valence-electron chi connectivity index (χ2n) is 23.2. The minimum Gasteiger partial charge on any atom is -0.460 e. The molecule has 5 aliphatic rings. The van der Waals surface area contributed by atoms with Crippen LogP contribution in [0.2, 0.25) is 0 Å². The van der Waals surface area contributed by atoms with Crippen LogP contribution in [0.5, 0.6) is 0 Å². The summed E-state index contributed by atoms with van der Waals surface area (Å²) < 4.78 is 6.90. The topological polar surface area (TPSA) is 19.6 Å². The van der Waals surface area contributed by atoms with Gasteiger partial charge < -0.3 is 14.2 Å². The summed E-state index contributed by atoms with van der Waals surface area (Å²) in [5.41, 5.74) is 25.6. The van der Waals surface area contributed by atoms with Crippen molar-refractivity contribution in [3.05, 3.63) is 165 Å². The zero-order valence-corrected chi connectivity index (χ0v) is 40.5. The van der Waals surface area contributed by atoms with E-state index in [0.717, 1.165) is 17.8 Å². The highest BCUT2D eigenvalue weighted by Gasteiger charge is 2.51. The van der Waals surface area contributed by atoms with Gasteiger partial charge in [0.25, 0.3) is 0 Å². The van der Waals surface area contributed by atoms with Crippen molar-refractivity contribution in [3.63, 3.8) is 0 Å². The van der Waals surface area contributed by atoms with Gasteiger partial charge >= 0.3 is 0 Å². The molecule has 1 atom stereocenters. The Kier molecular flexibility index (Phi) is 8.56. The number of benzene rings is 6. The highest BCUT2D eigenvalue weighted by molar-refractivity contribution is 6.96. The standard InChI is InChI=1S/C61H63BN2O/c1-36-18-12-14-20-41(36)39-31-50-56-51(32-39)64(48-22-16-13-19-37(48)2)57-54-42-21-15-17-23-52(42)65-53(54)30-38(3)55(57)62(56)47-34-45-46(61(10,11)29-28-60(45,8)9)35-49(47)63(50)40-24-25-43-44(33-40)59(6,7)27-26-58(43,4)5/h12-25,31-35,38H,26-30H2,1-11H3. The summed E-state index contributed by atoms with van der Waals surface area (Å²) in [6, 6.07) is 44.8. The molecule has 0 saturated carbocycles. The summed E-state index contributed by atoms with van der Waals surface area (Å²) in [5.74, 6) is 1.33. The van der Waals surface area contributed by atoms with Crippen molar-refractivity contribution in [2.24, 2.45) is 5.92 Å². The lowest BCUT2D eigenvalue weighted by molar-refractivity contribution is 0.332. The number of anilines is 5. The van der Waals surface area contributed by atoms with Gasteiger partial charge in [-0.15, -0.1) is 0 Å². The molecule has 4 heteroatoms. The molecule has 3 aliphatic carbocycles. The Morgan fingerprint density at radius 2 is 1.14 bits per heavy atom. The molecular weight excluding hydrogens is 787 g/mol. The molecule has 3 heterocycles. The summed E-state index contributed by atoms with van der Waals surface area (Å²) in [4.78, 5) is 5.39. The smallest absolute Gasteiger partial charge is 0.247 e. The van der Waals surface area contributed by atoms with Crippen LogP contribution in [0.1, 0.15) is 133 Å². The van der Waals surface area contributed by atoms with Crippen LogP contribution in [0, 0.1) is 19.8 Å². The van der Waals surface area contributed by atoms with E-state index in [9.17, 15) is 0 Å². The predicted molar refractivity (Wildman–Crippen MR) is 276 cm³/mol. The lowest BCUT2D eigenvalue weighted by Gasteiger charge is -2.50. The highest BCUT2D eigenvalue weighted by atomic mass is 16.3. The number of aryl methyl sites for hydroxylation is 2. The molecule has 6 aromatic carbocycles. The van der Waals surface area contributed by atoms with E-state index in [1.165, 1.54) is 132 Å². The third-order valence-electron chi connectivity index (χ3n) is 17.1. The summed E-state index contributed by atoms with van der Waals surface area (Å²) in [7, 11) is 0. The normalized spacial score (nSPS) is 20.4. The van der Waals surface area contributed by atoms with Gasteiger partial charge in [0, 0.05) is 51.5 Å². The first-order chi connectivity index (χ1) is 30.9. The van der Waals surface area contributed by atoms with E-state index in [-0.39, 0.29) is 34.3 Å². The summed E-state index contributed by atoms with van der Waals surface area (Å²) in [6.07, 6.45) is 5.58. The maximum Gasteiger partial charge on any atom is 0.247 e. The zero-order valence-electron chi connectivity index (χ0n) is 40.5. The molecule has 1 aromatic heterocycles. The van der Waals surface area contributed by atoms with E-state index in [0.29, 0.717) is 0 Å². The van der Waals surface area contributed by atoms with Crippen LogP contribution in [-0.4, -0.2) is 6.71 Å². The lowest BCUT2D eigenvalue weighted by atomic mass is 9.30. The fraction of sp³-hybridized carbons (Fsp3) is 0.344. The van der Waals surface area contributed by atoms with Crippen molar-refractivity contribution in [1.82, 2.24) is 0 Å². The van der Waals surface area contributed by atoms with E-state index in [2.05, 4.69) is 201 Å². The van der Waals surface area contributed by atoms with E-state index in [1.54, 1.807) is 0 Å². The molecular formula is C61H63BN2O. The molecule has 1 unspecified atom stereocenters. The first-order valence-corrected chi connectivity index (χ1v) is 24.4. The minimum atomic E-state index is 0.0448. The van der Waals surface area contributed by atoms with Gasteiger partial charge in [0.15, 0.2) is 0 Å². The number of allylic oxidation sites excluding steroid dienone is 1. The average Bonchev–Trinajstić information content (AvgIpc) is 3.65. The summed E-state index contributed by atoms with van der Waals surface area (Å²) >= 11 is 0. The molecule has 0 spiro atoms. The van der Waals surface area contributed by atoms with Gasteiger partial charge in [0.1, 0.15) is 11.3 Å². The van der Waals surface area contributed by atoms with Gasteiger partial charge in [-0.3, -0.25) is 0 Å². The molecule has 0 fully saturated rings. The second-order valence-corrected chi connectivity index (χ2v) is 23.2. The van der Waals surface area contributed by atoms with Gasteiger partial charge in [-0.05, 0) is 165 Å². The van der Waals surface area contributed by atoms with Gasteiger partial charge in [0.2, 0.25) is 6.71 Å². The van der Waals surface area contributed by atoms with E-state index < -0.39 is 0 Å². The first kappa shape index (κ1) is 40.8. The van der Waals surface area contributed by atoms with Crippen molar-refractivity contribution < 1.29 is 4.42 Å². The van der Waals surface area contributed by atoms with Gasteiger partial charge in [-0.1, -0.05) is 141 Å². The molecule has 7 aromatic rings. The lowest BCUT2D eigenvalue weighted by Crippen LogP contribution is -2.58. The van der Waals surface area contributed by atoms with Crippen LogP contribution >= 0.6 is 0 Å². The van der Waals surface area contributed by atoms with Crippen LogP contribution in [0.4, 0.5) is 28.4 Å². The van der Waals surface area contributed by atoms with Crippen LogP contribution < -0.4 is 20.7 Å². The van der Waals surface area contributed by atoms with E-state index in [4.69, 9.17) is 4.42 Å². The number of hydrogen-bond acceptors (Lipinski definition) is 3. The fourth-order valence-corrected chi connectivity index (χ4v) is 13.1. The Hall–Kier alpha value is -5.74. The van der Waals surface area contributed by atoms with Crippen LogP contribution in [0.25, 0.3) is 27.8 Å². The Bertz CT molecular complexity index is 3210. The Balaban J connectivity index is 1.27. The first-order valence-electron chi connectivity index (χ1n) is 24.4. The third-order valence-corrected chi connectivity index (χ3v) is 17.1. The van der Waals surface area contributed by atoms with Crippen molar-refractivity contribution >= 4 is 62.7 Å². The molecule has 12 rings (SSSR count). The number of hydrogen-bond donors (Lipinski definition) is 0. The SMILES string of the molecule is Cc1ccccc1-c1cc2c3c(c1)N(c1ccc4c(c1)C(C)(C)CCC4(C)C)c1cc4c(cc1B3C1=C(c3c(oc5ccccc35)CC1C)N2c1ccccc1C)C(C)(C)CCC4(C)C. The van der Waals surface area contributed by atoms with Crippen molar-refractivity contribution in [2.75, 3.05) is 9.80 Å². The second kappa shape index (κ2) is 13.7. The summed E-state index contributed by atoms with van der Waals surface area (Å²) in [5, 5.41) is 1.20. The largest absolute Gasteiger partial charge is 0.460 e. The monoisotopic (exact) mass is 851 g/mol. The number of rotatable bonds is 3. The molecule has 0 radical (unpaired) electrons. The van der Waals surface area contributed by atoms with Crippen LogP contribution in [0.15, 0.2) is 125 Å². The number of fused-ring (bicyclic) bond motifs is 9. The highest BCUT2D eigenvalue weighted by Crippen LogP contribution is 2.56. The molecule has 2 aliphatic heterocycles.